The molecule has 1 aromatic rings. The zero-order chi connectivity index (χ0) is 9.40. The summed E-state index contributed by atoms with van der Waals surface area (Å²) in [6, 6.07) is 6.16. The lowest BCUT2D eigenvalue weighted by Gasteiger charge is -1.92. The van der Waals surface area contributed by atoms with Gasteiger partial charge in [0.05, 0.1) is 0 Å². The zero-order valence-electron chi connectivity index (χ0n) is 7.68. The van der Waals surface area contributed by atoms with E-state index in [1.165, 1.54) is 18.6 Å². The molecule has 0 aromatic heterocycles. The van der Waals surface area contributed by atoms with Crippen molar-refractivity contribution in [2.24, 2.45) is 5.73 Å². The topological polar surface area (TPSA) is 26.0 Å². The van der Waals surface area contributed by atoms with E-state index >= 15 is 0 Å². The van der Waals surface area contributed by atoms with Gasteiger partial charge in [0.25, 0.3) is 0 Å². The summed E-state index contributed by atoms with van der Waals surface area (Å²) >= 11 is 0. The van der Waals surface area contributed by atoms with Crippen LogP contribution in [0.25, 0.3) is 0 Å². The standard InChI is InChI=1S/C7H8FN.C3H8/c8-7-3-1-6(5-9)2-4-7;1-3-2/h1-4H,5,9H2;3H2,1-2H3. The Bertz CT molecular complexity index is 193. The summed E-state index contributed by atoms with van der Waals surface area (Å²) < 4.78 is 12.2. The third-order valence-electron chi connectivity index (χ3n) is 1.15. The summed E-state index contributed by atoms with van der Waals surface area (Å²) in [4.78, 5) is 0. The van der Waals surface area contributed by atoms with E-state index in [2.05, 4.69) is 13.8 Å². The molecule has 0 fully saturated rings. The molecule has 0 unspecified atom stereocenters. The van der Waals surface area contributed by atoms with E-state index in [1.807, 2.05) is 0 Å². The molecule has 0 aliphatic rings. The van der Waals surface area contributed by atoms with Gasteiger partial charge in [-0.25, -0.2) is 4.39 Å². The van der Waals surface area contributed by atoms with Crippen LogP contribution in [0, 0.1) is 5.82 Å². The summed E-state index contributed by atoms with van der Waals surface area (Å²) in [7, 11) is 0. The molecule has 1 rings (SSSR count). The molecular weight excluding hydrogens is 153 g/mol. The third kappa shape index (κ3) is 4.85. The maximum absolute atomic E-state index is 12.2. The van der Waals surface area contributed by atoms with Gasteiger partial charge in [0.2, 0.25) is 0 Å². The monoisotopic (exact) mass is 169 g/mol. The lowest BCUT2D eigenvalue weighted by Crippen LogP contribution is -1.94. The Kier molecular flexibility index (Phi) is 6.29. The van der Waals surface area contributed by atoms with Crippen LogP contribution in [0.1, 0.15) is 25.8 Å². The van der Waals surface area contributed by atoms with E-state index in [-0.39, 0.29) is 5.82 Å². The molecule has 0 radical (unpaired) electrons. The average Bonchev–Trinajstić information content (AvgIpc) is 2.07. The largest absolute Gasteiger partial charge is 0.326 e. The van der Waals surface area contributed by atoms with Gasteiger partial charge in [0, 0.05) is 6.54 Å². The quantitative estimate of drug-likeness (QED) is 0.687. The molecule has 1 nitrogen and oxygen atoms in total. The normalized spacial score (nSPS) is 8.67. The van der Waals surface area contributed by atoms with Crippen LogP contribution in [0.5, 0.6) is 0 Å². The number of rotatable bonds is 1. The van der Waals surface area contributed by atoms with E-state index in [0.717, 1.165) is 5.56 Å². The first kappa shape index (κ1) is 11.1. The molecule has 0 aliphatic heterocycles. The molecule has 2 heteroatoms. The lowest BCUT2D eigenvalue weighted by atomic mass is 10.2. The van der Waals surface area contributed by atoms with Crippen LogP contribution < -0.4 is 5.73 Å². The average molecular weight is 169 g/mol. The van der Waals surface area contributed by atoms with Gasteiger partial charge in [0.1, 0.15) is 5.82 Å². The van der Waals surface area contributed by atoms with Crippen LogP contribution in [0.3, 0.4) is 0 Å². The van der Waals surface area contributed by atoms with Crippen molar-refractivity contribution in [3.8, 4) is 0 Å². The maximum atomic E-state index is 12.2. The Morgan fingerprint density at radius 2 is 1.58 bits per heavy atom. The van der Waals surface area contributed by atoms with Crippen molar-refractivity contribution in [2.75, 3.05) is 0 Å². The first-order valence-corrected chi connectivity index (χ1v) is 4.19. The summed E-state index contributed by atoms with van der Waals surface area (Å²) in [5, 5.41) is 0. The molecule has 1 aromatic carbocycles. The molecular formula is C10H16FN. The highest BCUT2D eigenvalue weighted by Gasteiger charge is 1.87. The lowest BCUT2D eigenvalue weighted by molar-refractivity contribution is 0.627. The minimum Gasteiger partial charge on any atom is -0.326 e. The van der Waals surface area contributed by atoms with Crippen LogP contribution in [0.15, 0.2) is 24.3 Å². The van der Waals surface area contributed by atoms with Gasteiger partial charge in [-0.05, 0) is 17.7 Å². The van der Waals surface area contributed by atoms with Crippen LogP contribution in [0.2, 0.25) is 0 Å². The smallest absolute Gasteiger partial charge is 0.123 e. The molecule has 0 bridgehead atoms. The molecule has 0 saturated carbocycles. The molecule has 0 saturated heterocycles. The summed E-state index contributed by atoms with van der Waals surface area (Å²) in [5.41, 5.74) is 6.23. The van der Waals surface area contributed by atoms with E-state index in [9.17, 15) is 4.39 Å². The minimum atomic E-state index is -0.216. The Labute approximate surface area is 73.4 Å². The van der Waals surface area contributed by atoms with E-state index < -0.39 is 0 Å². The van der Waals surface area contributed by atoms with Crippen LogP contribution in [-0.2, 0) is 6.54 Å². The highest BCUT2D eigenvalue weighted by atomic mass is 19.1. The van der Waals surface area contributed by atoms with Gasteiger partial charge in [-0.1, -0.05) is 32.4 Å². The van der Waals surface area contributed by atoms with Crippen molar-refractivity contribution in [3.05, 3.63) is 35.6 Å². The molecule has 0 spiro atoms. The van der Waals surface area contributed by atoms with Crippen molar-refractivity contribution in [2.45, 2.75) is 26.8 Å². The second-order valence-corrected chi connectivity index (χ2v) is 2.54. The van der Waals surface area contributed by atoms with Crippen molar-refractivity contribution < 1.29 is 4.39 Å². The number of benzene rings is 1. The Balaban J connectivity index is 0.000000354. The maximum Gasteiger partial charge on any atom is 0.123 e. The fraction of sp³-hybridized carbons (Fsp3) is 0.400. The first-order valence-electron chi connectivity index (χ1n) is 4.19. The van der Waals surface area contributed by atoms with Crippen LogP contribution in [-0.4, -0.2) is 0 Å². The van der Waals surface area contributed by atoms with Crippen molar-refractivity contribution in [1.82, 2.24) is 0 Å². The first-order chi connectivity index (χ1) is 5.74. The highest BCUT2D eigenvalue weighted by Crippen LogP contribution is 2.00. The summed E-state index contributed by atoms with van der Waals surface area (Å²) in [6.07, 6.45) is 1.25. The number of nitrogens with two attached hydrogens (primary N) is 1. The molecule has 68 valence electrons. The predicted molar refractivity (Wildman–Crippen MR) is 50.3 cm³/mol. The van der Waals surface area contributed by atoms with Gasteiger partial charge in [0.15, 0.2) is 0 Å². The van der Waals surface area contributed by atoms with Gasteiger partial charge in [-0.2, -0.15) is 0 Å². The molecule has 12 heavy (non-hydrogen) atoms. The van der Waals surface area contributed by atoms with Gasteiger partial charge < -0.3 is 5.73 Å². The Morgan fingerprint density at radius 3 is 1.92 bits per heavy atom. The van der Waals surface area contributed by atoms with Crippen molar-refractivity contribution in [3.63, 3.8) is 0 Å². The van der Waals surface area contributed by atoms with Crippen LogP contribution >= 0.6 is 0 Å². The Hall–Kier alpha value is -0.890. The van der Waals surface area contributed by atoms with E-state index in [1.54, 1.807) is 12.1 Å². The summed E-state index contributed by atoms with van der Waals surface area (Å²) in [5.74, 6) is -0.216. The minimum absolute atomic E-state index is 0.216. The van der Waals surface area contributed by atoms with Gasteiger partial charge >= 0.3 is 0 Å². The Morgan fingerprint density at radius 1 is 1.17 bits per heavy atom. The molecule has 0 amide bonds. The highest BCUT2D eigenvalue weighted by molar-refractivity contribution is 5.15. The number of hydrogen-bond acceptors (Lipinski definition) is 1. The van der Waals surface area contributed by atoms with Crippen LogP contribution in [0.4, 0.5) is 4.39 Å². The fourth-order valence-corrected chi connectivity index (χ4v) is 0.620. The van der Waals surface area contributed by atoms with E-state index in [0.29, 0.717) is 6.54 Å². The second-order valence-electron chi connectivity index (χ2n) is 2.54. The number of hydrogen-bond donors (Lipinski definition) is 1. The molecule has 2 N–H and O–H groups in total. The van der Waals surface area contributed by atoms with Gasteiger partial charge in [-0.3, -0.25) is 0 Å². The zero-order valence-corrected chi connectivity index (χ0v) is 7.68. The number of halogens is 1. The summed E-state index contributed by atoms with van der Waals surface area (Å²) in [6.45, 7) is 4.72. The molecule has 0 atom stereocenters. The second kappa shape index (κ2) is 6.80. The van der Waals surface area contributed by atoms with Crippen molar-refractivity contribution in [1.29, 1.82) is 0 Å². The van der Waals surface area contributed by atoms with E-state index in [4.69, 9.17) is 5.73 Å². The molecule has 0 heterocycles. The van der Waals surface area contributed by atoms with Crippen molar-refractivity contribution >= 4 is 0 Å². The SMILES string of the molecule is CCC.NCc1ccc(F)cc1. The predicted octanol–water partition coefficient (Wildman–Crippen LogP) is 2.70. The molecule has 0 aliphatic carbocycles. The van der Waals surface area contributed by atoms with Gasteiger partial charge in [-0.15, -0.1) is 0 Å². The third-order valence-corrected chi connectivity index (χ3v) is 1.15. The fourth-order valence-electron chi connectivity index (χ4n) is 0.620.